The van der Waals surface area contributed by atoms with Gasteiger partial charge in [-0.25, -0.2) is 0 Å². The van der Waals surface area contributed by atoms with Crippen LogP contribution in [0.2, 0.25) is 0 Å². The highest BCUT2D eigenvalue weighted by atomic mass is 16.3. The zero-order chi connectivity index (χ0) is 11.3. The minimum absolute atomic E-state index is 0.0109. The zero-order valence-corrected chi connectivity index (χ0v) is 9.75. The van der Waals surface area contributed by atoms with Gasteiger partial charge >= 0.3 is 0 Å². The lowest BCUT2D eigenvalue weighted by Crippen LogP contribution is -2.55. The number of hydrogen-bond donors (Lipinski definition) is 2. The van der Waals surface area contributed by atoms with Crippen LogP contribution in [0, 0.1) is 5.41 Å². The molecule has 0 aromatic carbocycles. The smallest absolute Gasteiger partial charge is 0.0713 e. The third kappa shape index (κ3) is 1.34. The zero-order valence-electron chi connectivity index (χ0n) is 9.75. The molecule has 84 valence electrons. The third-order valence-electron chi connectivity index (χ3n) is 4.00. The highest BCUT2D eigenvalue weighted by Gasteiger charge is 2.47. The van der Waals surface area contributed by atoms with Crippen LogP contribution in [0.4, 0.5) is 0 Å². The lowest BCUT2D eigenvalue weighted by atomic mass is 9.62. The van der Waals surface area contributed by atoms with Crippen molar-refractivity contribution in [3.05, 3.63) is 23.5 Å². The number of nitrogens with two attached hydrogens (primary N) is 1. The van der Waals surface area contributed by atoms with Gasteiger partial charge in [0.25, 0.3) is 0 Å². The van der Waals surface area contributed by atoms with E-state index in [0.717, 1.165) is 18.4 Å². The summed E-state index contributed by atoms with van der Waals surface area (Å²) in [5.74, 6) is 0. The summed E-state index contributed by atoms with van der Waals surface area (Å²) in [7, 11) is 2.00. The van der Waals surface area contributed by atoms with Crippen LogP contribution in [0.5, 0.6) is 0 Å². The largest absolute Gasteiger partial charge is 0.394 e. The van der Waals surface area contributed by atoms with E-state index in [2.05, 4.69) is 20.0 Å². The summed E-state index contributed by atoms with van der Waals surface area (Å²) in [4.78, 5) is 0. The van der Waals surface area contributed by atoms with Crippen LogP contribution in [0.3, 0.4) is 0 Å². The average Bonchev–Trinajstić information content (AvgIpc) is 2.54. The Morgan fingerprint density at radius 3 is 2.73 bits per heavy atom. The molecule has 0 bridgehead atoms. The number of nitrogens with zero attached hydrogens (tertiary/aromatic N) is 1. The molecule has 0 saturated heterocycles. The second kappa shape index (κ2) is 3.09. The Morgan fingerprint density at radius 1 is 1.47 bits per heavy atom. The number of aliphatic hydroxyl groups excluding tert-OH is 1. The van der Waals surface area contributed by atoms with E-state index in [0.29, 0.717) is 0 Å². The van der Waals surface area contributed by atoms with Gasteiger partial charge in [0.1, 0.15) is 0 Å². The van der Waals surface area contributed by atoms with Crippen molar-refractivity contribution in [2.45, 2.75) is 32.2 Å². The number of aliphatic hydroxyl groups is 1. The number of fused-ring (bicyclic) bond motifs is 1. The molecule has 3 heteroatoms. The Bertz CT molecular complexity index is 381. The summed E-state index contributed by atoms with van der Waals surface area (Å²) in [6.07, 6.45) is 6.25. The van der Waals surface area contributed by atoms with Gasteiger partial charge in [-0.05, 0) is 29.4 Å². The van der Waals surface area contributed by atoms with Crippen LogP contribution in [0.15, 0.2) is 12.4 Å². The van der Waals surface area contributed by atoms with E-state index in [1.807, 2.05) is 17.8 Å². The second-order valence-corrected chi connectivity index (χ2v) is 5.38. The molecular weight excluding hydrogens is 188 g/mol. The lowest BCUT2D eigenvalue weighted by molar-refractivity contribution is 0.0636. The van der Waals surface area contributed by atoms with Gasteiger partial charge in [-0.2, -0.15) is 0 Å². The summed E-state index contributed by atoms with van der Waals surface area (Å²) in [5.41, 5.74) is 8.16. The van der Waals surface area contributed by atoms with Crippen molar-refractivity contribution in [1.82, 2.24) is 4.57 Å². The molecular formula is C12H20N2O. The third-order valence-corrected chi connectivity index (χ3v) is 4.00. The van der Waals surface area contributed by atoms with Gasteiger partial charge in [0.05, 0.1) is 12.1 Å². The van der Waals surface area contributed by atoms with E-state index in [4.69, 9.17) is 5.73 Å². The van der Waals surface area contributed by atoms with E-state index < -0.39 is 5.54 Å². The molecule has 1 aliphatic carbocycles. The molecule has 1 heterocycles. The fraction of sp³-hybridized carbons (Fsp3) is 0.667. The predicted octanol–water partition coefficient (Wildman–Crippen LogP) is 1.14. The first-order valence-electron chi connectivity index (χ1n) is 5.46. The molecule has 2 rings (SSSR count). The maximum atomic E-state index is 9.61. The van der Waals surface area contributed by atoms with Gasteiger partial charge in [-0.3, -0.25) is 0 Å². The molecule has 0 saturated carbocycles. The molecule has 1 atom stereocenters. The SMILES string of the molecule is Cn1cc2c(c1)C(N)(CO)C(C)(C)CC2. The van der Waals surface area contributed by atoms with Crippen molar-refractivity contribution in [2.24, 2.45) is 18.2 Å². The Hall–Kier alpha value is -0.800. The van der Waals surface area contributed by atoms with Crippen molar-refractivity contribution in [1.29, 1.82) is 0 Å². The molecule has 1 aromatic rings. The predicted molar refractivity (Wildman–Crippen MR) is 60.5 cm³/mol. The molecule has 0 aliphatic heterocycles. The van der Waals surface area contributed by atoms with E-state index in [-0.39, 0.29) is 12.0 Å². The molecule has 0 amide bonds. The molecule has 0 spiro atoms. The van der Waals surface area contributed by atoms with Crippen molar-refractivity contribution < 1.29 is 5.11 Å². The van der Waals surface area contributed by atoms with Crippen molar-refractivity contribution in [3.63, 3.8) is 0 Å². The quantitative estimate of drug-likeness (QED) is 0.727. The van der Waals surface area contributed by atoms with Gasteiger partial charge in [-0.15, -0.1) is 0 Å². The average molecular weight is 208 g/mol. The fourth-order valence-electron chi connectivity index (χ4n) is 2.57. The van der Waals surface area contributed by atoms with Gasteiger partial charge < -0.3 is 15.4 Å². The van der Waals surface area contributed by atoms with Crippen LogP contribution in [0.25, 0.3) is 0 Å². The van der Waals surface area contributed by atoms with Crippen molar-refractivity contribution in [2.75, 3.05) is 6.61 Å². The van der Waals surface area contributed by atoms with Gasteiger partial charge in [0, 0.05) is 19.4 Å². The maximum Gasteiger partial charge on any atom is 0.0713 e. The number of rotatable bonds is 1. The number of aryl methyl sites for hydroxylation is 2. The highest BCUT2D eigenvalue weighted by molar-refractivity contribution is 5.37. The van der Waals surface area contributed by atoms with Crippen LogP contribution in [-0.4, -0.2) is 16.3 Å². The number of hydrogen-bond acceptors (Lipinski definition) is 2. The van der Waals surface area contributed by atoms with Crippen molar-refractivity contribution >= 4 is 0 Å². The first-order valence-corrected chi connectivity index (χ1v) is 5.46. The summed E-state index contributed by atoms with van der Waals surface area (Å²) in [6, 6.07) is 0. The monoisotopic (exact) mass is 208 g/mol. The highest BCUT2D eigenvalue weighted by Crippen LogP contribution is 2.46. The Labute approximate surface area is 90.9 Å². The molecule has 3 nitrogen and oxygen atoms in total. The van der Waals surface area contributed by atoms with Gasteiger partial charge in [0.15, 0.2) is 0 Å². The standard InChI is InChI=1S/C12H20N2O/c1-11(2)5-4-9-6-14(3)7-10(9)12(11,13)8-15/h6-7,15H,4-5,8,13H2,1-3H3. The first-order chi connectivity index (χ1) is 6.90. The van der Waals surface area contributed by atoms with Crippen LogP contribution >= 0.6 is 0 Å². The topological polar surface area (TPSA) is 51.2 Å². The molecule has 15 heavy (non-hydrogen) atoms. The molecule has 1 aliphatic rings. The first kappa shape index (κ1) is 10.7. The van der Waals surface area contributed by atoms with Gasteiger partial charge in [-0.1, -0.05) is 13.8 Å². The molecule has 1 aromatic heterocycles. The van der Waals surface area contributed by atoms with Crippen LogP contribution in [-0.2, 0) is 19.0 Å². The van der Waals surface area contributed by atoms with Crippen LogP contribution in [0.1, 0.15) is 31.4 Å². The Balaban J connectivity index is 2.58. The summed E-state index contributed by atoms with van der Waals surface area (Å²) in [6.45, 7) is 4.29. The molecule has 0 radical (unpaired) electrons. The molecule has 1 unspecified atom stereocenters. The van der Waals surface area contributed by atoms with Gasteiger partial charge in [0.2, 0.25) is 0 Å². The summed E-state index contributed by atoms with van der Waals surface area (Å²) in [5, 5.41) is 9.61. The van der Waals surface area contributed by atoms with E-state index in [1.54, 1.807) is 0 Å². The molecule has 3 N–H and O–H groups in total. The lowest BCUT2D eigenvalue weighted by Gasteiger charge is -2.46. The second-order valence-electron chi connectivity index (χ2n) is 5.38. The Kier molecular flexibility index (Phi) is 2.21. The fourth-order valence-corrected chi connectivity index (χ4v) is 2.57. The molecule has 0 fully saturated rings. The maximum absolute atomic E-state index is 9.61. The number of aromatic nitrogens is 1. The van der Waals surface area contributed by atoms with E-state index >= 15 is 0 Å². The van der Waals surface area contributed by atoms with E-state index in [1.165, 1.54) is 5.56 Å². The Morgan fingerprint density at radius 2 is 2.13 bits per heavy atom. The van der Waals surface area contributed by atoms with E-state index in [9.17, 15) is 5.11 Å². The summed E-state index contributed by atoms with van der Waals surface area (Å²) >= 11 is 0. The minimum atomic E-state index is -0.595. The van der Waals surface area contributed by atoms with Crippen LogP contribution < -0.4 is 5.73 Å². The van der Waals surface area contributed by atoms with Crippen molar-refractivity contribution in [3.8, 4) is 0 Å². The normalized spacial score (nSPS) is 28.9. The summed E-state index contributed by atoms with van der Waals surface area (Å²) < 4.78 is 2.03. The minimum Gasteiger partial charge on any atom is -0.394 e.